The highest BCUT2D eigenvalue weighted by Gasteiger charge is 2.14. The minimum absolute atomic E-state index is 0.272. The molecule has 0 radical (unpaired) electrons. The van der Waals surface area contributed by atoms with E-state index in [9.17, 15) is 4.79 Å². The first-order valence-electron chi connectivity index (χ1n) is 3.40. The lowest BCUT2D eigenvalue weighted by Gasteiger charge is -2.21. The fourth-order valence-corrected chi connectivity index (χ4v) is 0.992. The van der Waals surface area contributed by atoms with Crippen LogP contribution in [0.2, 0.25) is 0 Å². The first-order chi connectivity index (χ1) is 4.79. The van der Waals surface area contributed by atoms with Gasteiger partial charge in [0.1, 0.15) is 6.23 Å². The minimum Gasteiger partial charge on any atom is -0.465 e. The van der Waals surface area contributed by atoms with Crippen molar-refractivity contribution in [1.82, 2.24) is 5.32 Å². The van der Waals surface area contributed by atoms with E-state index in [0.29, 0.717) is 6.61 Å². The molecule has 0 aromatic rings. The molecule has 4 nitrogen and oxygen atoms in total. The van der Waals surface area contributed by atoms with E-state index in [-0.39, 0.29) is 6.23 Å². The van der Waals surface area contributed by atoms with Gasteiger partial charge in [-0.3, -0.25) is 5.32 Å². The summed E-state index contributed by atoms with van der Waals surface area (Å²) in [6.07, 6.45) is 1.60. The van der Waals surface area contributed by atoms with Crippen molar-refractivity contribution in [2.45, 2.75) is 25.5 Å². The highest BCUT2D eigenvalue weighted by atomic mass is 16.5. The van der Waals surface area contributed by atoms with Gasteiger partial charge in [-0.1, -0.05) is 0 Å². The van der Waals surface area contributed by atoms with Gasteiger partial charge in [0.05, 0.1) is 0 Å². The lowest BCUT2D eigenvalue weighted by molar-refractivity contribution is -0.00203. The number of hydrogen-bond acceptors (Lipinski definition) is 2. The molecular formula is C6H11NO3. The molecule has 10 heavy (non-hydrogen) atoms. The number of nitrogens with one attached hydrogen (secondary N) is 1. The van der Waals surface area contributed by atoms with Crippen molar-refractivity contribution in [1.29, 1.82) is 0 Å². The molecule has 0 saturated carbocycles. The van der Waals surface area contributed by atoms with Crippen molar-refractivity contribution in [3.63, 3.8) is 0 Å². The molecule has 0 bridgehead atoms. The quantitative estimate of drug-likeness (QED) is 0.573. The molecule has 1 heterocycles. The molecule has 0 aromatic carbocycles. The summed E-state index contributed by atoms with van der Waals surface area (Å²) in [6, 6.07) is 0. The van der Waals surface area contributed by atoms with E-state index >= 15 is 0 Å². The van der Waals surface area contributed by atoms with Crippen LogP contribution >= 0.6 is 0 Å². The summed E-state index contributed by atoms with van der Waals surface area (Å²) in [5.74, 6) is 0. The molecule has 1 amide bonds. The fraction of sp³-hybridized carbons (Fsp3) is 0.833. The van der Waals surface area contributed by atoms with Crippen LogP contribution in [0.1, 0.15) is 19.3 Å². The Bertz CT molecular complexity index is 120. The van der Waals surface area contributed by atoms with Crippen molar-refractivity contribution >= 4 is 6.09 Å². The van der Waals surface area contributed by atoms with Crippen molar-refractivity contribution in [3.8, 4) is 0 Å². The zero-order chi connectivity index (χ0) is 7.40. The summed E-state index contributed by atoms with van der Waals surface area (Å²) < 4.78 is 5.10. The van der Waals surface area contributed by atoms with Crippen LogP contribution in [0, 0.1) is 0 Å². The molecule has 0 aliphatic carbocycles. The Balaban J connectivity index is 2.19. The second-order valence-electron chi connectivity index (χ2n) is 2.30. The predicted octanol–water partition coefficient (Wildman–Crippen LogP) is 0.781. The lowest BCUT2D eigenvalue weighted by Crippen LogP contribution is -2.37. The molecule has 1 aliphatic rings. The Morgan fingerprint density at radius 2 is 2.40 bits per heavy atom. The third-order valence-corrected chi connectivity index (χ3v) is 1.46. The van der Waals surface area contributed by atoms with Crippen molar-refractivity contribution in [2.75, 3.05) is 6.61 Å². The molecule has 1 saturated heterocycles. The van der Waals surface area contributed by atoms with Crippen molar-refractivity contribution in [2.24, 2.45) is 0 Å². The smallest absolute Gasteiger partial charge is 0.406 e. The topological polar surface area (TPSA) is 58.6 Å². The molecule has 1 fully saturated rings. The Kier molecular flexibility index (Phi) is 2.50. The molecular weight excluding hydrogens is 134 g/mol. The van der Waals surface area contributed by atoms with E-state index < -0.39 is 6.09 Å². The maximum Gasteiger partial charge on any atom is 0.406 e. The normalized spacial score (nSPS) is 25.8. The van der Waals surface area contributed by atoms with Gasteiger partial charge in [-0.05, 0) is 19.3 Å². The Morgan fingerprint density at radius 3 is 2.90 bits per heavy atom. The molecule has 0 spiro atoms. The monoisotopic (exact) mass is 145 g/mol. The van der Waals surface area contributed by atoms with E-state index in [1.807, 2.05) is 0 Å². The number of rotatable bonds is 1. The summed E-state index contributed by atoms with van der Waals surface area (Å²) in [7, 11) is 0. The number of ether oxygens (including phenoxy) is 1. The third kappa shape index (κ3) is 2.23. The minimum atomic E-state index is -1.01. The zero-order valence-electron chi connectivity index (χ0n) is 5.67. The highest BCUT2D eigenvalue weighted by molar-refractivity contribution is 5.64. The van der Waals surface area contributed by atoms with Crippen LogP contribution in [0.3, 0.4) is 0 Å². The van der Waals surface area contributed by atoms with Crippen LogP contribution in [0.25, 0.3) is 0 Å². The fourth-order valence-electron chi connectivity index (χ4n) is 0.992. The molecule has 0 aromatic heterocycles. The standard InChI is InChI=1S/C6H11NO3/c8-6(9)7-5-3-1-2-4-10-5/h5,7H,1-4H2,(H,8,9). The second kappa shape index (κ2) is 3.41. The number of amides is 1. The van der Waals surface area contributed by atoms with Crippen molar-refractivity contribution in [3.05, 3.63) is 0 Å². The maximum atomic E-state index is 10.1. The number of carbonyl (C=O) groups is 1. The predicted molar refractivity (Wildman–Crippen MR) is 34.8 cm³/mol. The maximum absolute atomic E-state index is 10.1. The summed E-state index contributed by atoms with van der Waals surface area (Å²) in [5, 5.41) is 10.6. The number of hydrogen-bond donors (Lipinski definition) is 2. The largest absolute Gasteiger partial charge is 0.465 e. The molecule has 1 aliphatic heterocycles. The van der Waals surface area contributed by atoms with Gasteiger partial charge in [0.15, 0.2) is 0 Å². The summed E-state index contributed by atoms with van der Waals surface area (Å²) in [6.45, 7) is 0.672. The van der Waals surface area contributed by atoms with E-state index in [1.54, 1.807) is 0 Å². The van der Waals surface area contributed by atoms with Crippen LogP contribution in [0.5, 0.6) is 0 Å². The van der Waals surface area contributed by atoms with Crippen LogP contribution in [-0.4, -0.2) is 24.0 Å². The molecule has 2 N–H and O–H groups in total. The first kappa shape index (κ1) is 7.34. The second-order valence-corrected chi connectivity index (χ2v) is 2.30. The van der Waals surface area contributed by atoms with Crippen LogP contribution in [0.4, 0.5) is 4.79 Å². The van der Waals surface area contributed by atoms with E-state index in [1.165, 1.54) is 0 Å². The van der Waals surface area contributed by atoms with Crippen molar-refractivity contribution < 1.29 is 14.6 Å². The van der Waals surface area contributed by atoms with E-state index in [4.69, 9.17) is 9.84 Å². The van der Waals surface area contributed by atoms with Gasteiger partial charge in [0.25, 0.3) is 0 Å². The van der Waals surface area contributed by atoms with Gasteiger partial charge in [0.2, 0.25) is 0 Å². The van der Waals surface area contributed by atoms with Gasteiger partial charge < -0.3 is 9.84 Å². The molecule has 58 valence electrons. The van der Waals surface area contributed by atoms with E-state index in [2.05, 4.69) is 5.32 Å². The van der Waals surface area contributed by atoms with Crippen LogP contribution < -0.4 is 5.32 Å². The molecule has 1 atom stereocenters. The van der Waals surface area contributed by atoms with Crippen LogP contribution in [-0.2, 0) is 4.74 Å². The highest BCUT2D eigenvalue weighted by Crippen LogP contribution is 2.09. The molecule has 1 unspecified atom stereocenters. The average molecular weight is 145 g/mol. The van der Waals surface area contributed by atoms with Gasteiger partial charge in [-0.2, -0.15) is 0 Å². The van der Waals surface area contributed by atoms with Gasteiger partial charge in [-0.15, -0.1) is 0 Å². The number of carboxylic acid groups (broad SMARTS) is 1. The van der Waals surface area contributed by atoms with E-state index in [0.717, 1.165) is 19.3 Å². The first-order valence-corrected chi connectivity index (χ1v) is 3.40. The summed E-state index contributed by atoms with van der Waals surface area (Å²) in [5.41, 5.74) is 0. The Morgan fingerprint density at radius 1 is 1.60 bits per heavy atom. The van der Waals surface area contributed by atoms with Gasteiger partial charge >= 0.3 is 6.09 Å². The lowest BCUT2D eigenvalue weighted by atomic mass is 10.2. The van der Waals surface area contributed by atoms with Gasteiger partial charge in [-0.25, -0.2) is 4.79 Å². The zero-order valence-corrected chi connectivity index (χ0v) is 5.67. The molecule has 1 rings (SSSR count). The average Bonchev–Trinajstić information content (AvgIpc) is 1.88. The Labute approximate surface area is 59.2 Å². The summed E-state index contributed by atoms with van der Waals surface area (Å²) in [4.78, 5) is 10.1. The molecule has 4 heteroatoms. The van der Waals surface area contributed by atoms with Gasteiger partial charge in [0, 0.05) is 6.61 Å². The summed E-state index contributed by atoms with van der Waals surface area (Å²) >= 11 is 0. The SMILES string of the molecule is O=C(O)NC1CCCCO1. The third-order valence-electron chi connectivity index (χ3n) is 1.46. The Hall–Kier alpha value is -0.770. The van der Waals surface area contributed by atoms with Crippen LogP contribution in [0.15, 0.2) is 0 Å².